The van der Waals surface area contributed by atoms with E-state index in [1.807, 2.05) is 4.68 Å². The summed E-state index contributed by atoms with van der Waals surface area (Å²) in [7, 11) is 0. The molecule has 1 heterocycles. The Bertz CT molecular complexity index is 1490. The van der Waals surface area contributed by atoms with E-state index in [0.29, 0.717) is 12.0 Å². The lowest BCUT2D eigenvalue weighted by atomic mass is 9.82. The van der Waals surface area contributed by atoms with Crippen LogP contribution in [0.15, 0.2) is 54.6 Å². The molecule has 5 nitrogen and oxygen atoms in total. The number of nitrogens with one attached hydrogen (secondary N) is 1. The Hall–Kier alpha value is -3.05. The van der Waals surface area contributed by atoms with Crippen molar-refractivity contribution in [3.05, 3.63) is 66.0 Å². The largest absolute Gasteiger partial charge is 0.300 e. The third-order valence-corrected chi connectivity index (χ3v) is 8.28. The summed E-state index contributed by atoms with van der Waals surface area (Å²) >= 11 is 0. The summed E-state index contributed by atoms with van der Waals surface area (Å²) in [4.78, 5) is 0. The maximum atomic E-state index is 4.66. The average Bonchev–Trinajstić information content (AvgIpc) is 3.39. The van der Waals surface area contributed by atoms with E-state index in [-0.39, 0.29) is 11.6 Å². The van der Waals surface area contributed by atoms with E-state index in [9.17, 15) is 0 Å². The van der Waals surface area contributed by atoms with Crippen molar-refractivity contribution >= 4 is 32.3 Å². The normalized spacial score (nSPS) is 17.3. The number of hydrogen-bond donors (Lipinski definition) is 1. The third-order valence-electron chi connectivity index (χ3n) is 8.28. The van der Waals surface area contributed by atoms with Crippen LogP contribution in [0.1, 0.15) is 83.6 Å². The predicted molar refractivity (Wildman–Crippen MR) is 149 cm³/mol. The van der Waals surface area contributed by atoms with Gasteiger partial charge in [0.1, 0.15) is 0 Å². The molecule has 4 aromatic carbocycles. The van der Waals surface area contributed by atoms with Crippen molar-refractivity contribution in [3.8, 4) is 0 Å². The molecule has 0 amide bonds. The van der Waals surface area contributed by atoms with E-state index < -0.39 is 0 Å². The van der Waals surface area contributed by atoms with Crippen molar-refractivity contribution in [3.63, 3.8) is 0 Å². The Kier molecular flexibility index (Phi) is 5.91. The summed E-state index contributed by atoms with van der Waals surface area (Å²) in [6.07, 6.45) is 7.75. The van der Waals surface area contributed by atoms with Crippen molar-refractivity contribution in [2.75, 3.05) is 0 Å². The lowest BCUT2D eigenvalue weighted by Crippen LogP contribution is -2.41. The Morgan fingerprint density at radius 3 is 2.33 bits per heavy atom. The van der Waals surface area contributed by atoms with Crippen molar-refractivity contribution in [1.82, 2.24) is 25.5 Å². The van der Waals surface area contributed by atoms with Gasteiger partial charge in [-0.15, -0.1) is 5.10 Å². The summed E-state index contributed by atoms with van der Waals surface area (Å²) in [6, 6.07) is 20.6. The van der Waals surface area contributed by atoms with Crippen LogP contribution in [0.4, 0.5) is 0 Å². The number of hydrogen-bond acceptors (Lipinski definition) is 4. The SMILES string of the molecule is CCC(NC(c1cc2cccc3ccc4cccc1c4c32)c1nnnn1C(C)(C)C)C1CCCCC1. The quantitative estimate of drug-likeness (QED) is 0.258. The van der Waals surface area contributed by atoms with Gasteiger partial charge in [0.2, 0.25) is 0 Å². The van der Waals surface area contributed by atoms with Crippen molar-refractivity contribution < 1.29 is 0 Å². The number of tetrazole rings is 1. The van der Waals surface area contributed by atoms with Gasteiger partial charge in [0.25, 0.3) is 0 Å². The lowest BCUT2D eigenvalue weighted by molar-refractivity contribution is 0.244. The zero-order chi connectivity index (χ0) is 24.9. The molecule has 5 heteroatoms. The molecular weight excluding hydrogens is 442 g/mol. The molecule has 36 heavy (non-hydrogen) atoms. The zero-order valence-corrected chi connectivity index (χ0v) is 22.0. The third kappa shape index (κ3) is 3.94. The molecular formula is C31H37N5. The van der Waals surface area contributed by atoms with Crippen molar-refractivity contribution in [1.29, 1.82) is 0 Å². The molecule has 0 aliphatic heterocycles. The molecule has 6 rings (SSSR count). The minimum atomic E-state index is -0.218. The van der Waals surface area contributed by atoms with Crippen LogP contribution < -0.4 is 5.32 Å². The molecule has 2 atom stereocenters. The molecule has 1 fully saturated rings. The van der Waals surface area contributed by atoms with Gasteiger partial charge >= 0.3 is 0 Å². The van der Waals surface area contributed by atoms with Gasteiger partial charge < -0.3 is 5.32 Å². The van der Waals surface area contributed by atoms with Crippen LogP contribution in [0, 0.1) is 5.92 Å². The first-order chi connectivity index (χ1) is 17.5. The smallest absolute Gasteiger partial charge is 0.173 e. The highest BCUT2D eigenvalue weighted by Gasteiger charge is 2.32. The Labute approximate surface area is 213 Å². The van der Waals surface area contributed by atoms with Gasteiger partial charge in [-0.3, -0.25) is 0 Å². The minimum Gasteiger partial charge on any atom is -0.300 e. The van der Waals surface area contributed by atoms with Crippen LogP contribution in [-0.2, 0) is 5.54 Å². The van der Waals surface area contributed by atoms with E-state index >= 15 is 0 Å². The topological polar surface area (TPSA) is 55.6 Å². The van der Waals surface area contributed by atoms with Crippen LogP contribution in [0.25, 0.3) is 32.3 Å². The van der Waals surface area contributed by atoms with Crippen LogP contribution in [0.5, 0.6) is 0 Å². The van der Waals surface area contributed by atoms with Crippen LogP contribution in [0.3, 0.4) is 0 Å². The molecule has 0 spiro atoms. The summed E-state index contributed by atoms with van der Waals surface area (Å²) in [6.45, 7) is 8.85. The fourth-order valence-electron chi connectivity index (χ4n) is 6.52. The number of benzene rings is 4. The summed E-state index contributed by atoms with van der Waals surface area (Å²) in [5.41, 5.74) is 1.05. The van der Waals surface area contributed by atoms with Gasteiger partial charge in [0.15, 0.2) is 5.82 Å². The summed E-state index contributed by atoms with van der Waals surface area (Å²) in [5.74, 6) is 1.59. The van der Waals surface area contributed by atoms with E-state index in [4.69, 9.17) is 0 Å². The molecule has 2 unspecified atom stereocenters. The molecule has 186 valence electrons. The van der Waals surface area contributed by atoms with Crippen LogP contribution in [0.2, 0.25) is 0 Å². The zero-order valence-electron chi connectivity index (χ0n) is 22.0. The van der Waals surface area contributed by atoms with Crippen molar-refractivity contribution in [2.45, 2.75) is 83.8 Å². The highest BCUT2D eigenvalue weighted by molar-refractivity contribution is 6.23. The molecule has 1 aromatic heterocycles. The molecule has 1 aliphatic rings. The molecule has 0 saturated heterocycles. The van der Waals surface area contributed by atoms with E-state index in [1.54, 1.807) is 0 Å². The van der Waals surface area contributed by atoms with Gasteiger partial charge in [-0.05, 0) is 100 Å². The van der Waals surface area contributed by atoms with Gasteiger partial charge in [0, 0.05) is 6.04 Å². The van der Waals surface area contributed by atoms with Gasteiger partial charge in [-0.25, -0.2) is 4.68 Å². The van der Waals surface area contributed by atoms with Crippen molar-refractivity contribution in [2.24, 2.45) is 5.92 Å². The Morgan fingerprint density at radius 2 is 1.61 bits per heavy atom. The second-order valence-electron chi connectivity index (χ2n) is 11.6. The highest BCUT2D eigenvalue weighted by atomic mass is 15.6. The molecule has 1 N–H and O–H groups in total. The minimum absolute atomic E-state index is 0.0969. The fourth-order valence-corrected chi connectivity index (χ4v) is 6.52. The molecule has 0 radical (unpaired) electrons. The van der Waals surface area contributed by atoms with E-state index in [1.165, 1.54) is 70.0 Å². The summed E-state index contributed by atoms with van der Waals surface area (Å²) in [5, 5.41) is 25.3. The Balaban J connectivity index is 1.59. The summed E-state index contributed by atoms with van der Waals surface area (Å²) < 4.78 is 2.01. The molecule has 5 aromatic rings. The van der Waals surface area contributed by atoms with Gasteiger partial charge in [-0.2, -0.15) is 0 Å². The van der Waals surface area contributed by atoms with Gasteiger partial charge in [0.05, 0.1) is 11.6 Å². The number of aromatic nitrogens is 4. The first-order valence-corrected chi connectivity index (χ1v) is 13.7. The monoisotopic (exact) mass is 479 g/mol. The standard InChI is InChI=1S/C31H37N5/c1-5-26(20-11-7-6-8-12-20)32-29(30-33-34-35-36(30)31(2,3)4)25-19-23-15-9-13-21-17-18-22-14-10-16-24(25)28(22)27(21)23/h9-10,13-20,26,29,32H,5-8,11-12H2,1-4H3. The molecule has 0 bridgehead atoms. The molecule has 1 saturated carbocycles. The number of nitrogens with zero attached hydrogens (tertiary/aromatic N) is 4. The maximum absolute atomic E-state index is 4.66. The Morgan fingerprint density at radius 1 is 0.917 bits per heavy atom. The van der Waals surface area contributed by atoms with Crippen LogP contribution >= 0.6 is 0 Å². The van der Waals surface area contributed by atoms with Crippen LogP contribution in [-0.4, -0.2) is 26.2 Å². The lowest BCUT2D eigenvalue weighted by Gasteiger charge is -2.34. The maximum Gasteiger partial charge on any atom is 0.173 e. The number of rotatable bonds is 6. The predicted octanol–water partition coefficient (Wildman–Crippen LogP) is 7.36. The first kappa shape index (κ1) is 23.4. The van der Waals surface area contributed by atoms with E-state index in [0.717, 1.165) is 12.2 Å². The molecule has 1 aliphatic carbocycles. The second-order valence-corrected chi connectivity index (χ2v) is 11.6. The second kappa shape index (κ2) is 9.11. The average molecular weight is 480 g/mol. The van der Waals surface area contributed by atoms with E-state index in [2.05, 4.69) is 103 Å². The first-order valence-electron chi connectivity index (χ1n) is 13.7. The fraction of sp³-hybridized carbons (Fsp3) is 0.452. The highest BCUT2D eigenvalue weighted by Crippen LogP contribution is 2.40. The van der Waals surface area contributed by atoms with Gasteiger partial charge in [-0.1, -0.05) is 74.7 Å².